The summed E-state index contributed by atoms with van der Waals surface area (Å²) in [5.41, 5.74) is 0.388. The first-order valence-electron chi connectivity index (χ1n) is 7.45. The Morgan fingerprint density at radius 3 is 2.47 bits per heavy atom. The van der Waals surface area contributed by atoms with Crippen molar-refractivity contribution in [3.63, 3.8) is 0 Å². The monoisotopic (exact) mass is 238 g/mol. The molecule has 1 N–H and O–H groups in total. The molecule has 1 saturated heterocycles. The van der Waals surface area contributed by atoms with Gasteiger partial charge < -0.3 is 9.84 Å². The normalized spacial score (nSPS) is 35.3. The summed E-state index contributed by atoms with van der Waals surface area (Å²) < 4.78 is 6.37. The van der Waals surface area contributed by atoms with Crippen LogP contribution in [-0.4, -0.2) is 23.4 Å². The Morgan fingerprint density at radius 2 is 1.88 bits per heavy atom. The zero-order valence-electron chi connectivity index (χ0n) is 11.1. The standard InChI is InChI=1S/C15H26O2/c1-14(11-16,12-4-5-12)10-13-6-9-15(17-13)7-2-3-8-15/h12-13,16H,2-11H2,1H3. The van der Waals surface area contributed by atoms with Gasteiger partial charge in [0.1, 0.15) is 0 Å². The Morgan fingerprint density at radius 1 is 1.18 bits per heavy atom. The molecular formula is C15H26O2. The minimum absolute atomic E-state index is 0.134. The van der Waals surface area contributed by atoms with Crippen LogP contribution < -0.4 is 0 Å². The van der Waals surface area contributed by atoms with Crippen LogP contribution in [0.15, 0.2) is 0 Å². The van der Waals surface area contributed by atoms with Crippen molar-refractivity contribution in [2.75, 3.05) is 6.61 Å². The third-order valence-electron chi connectivity index (χ3n) is 5.47. The van der Waals surface area contributed by atoms with E-state index in [2.05, 4.69) is 6.92 Å². The van der Waals surface area contributed by atoms with Gasteiger partial charge in [0.05, 0.1) is 11.7 Å². The number of ether oxygens (including phenoxy) is 1. The fourth-order valence-corrected chi connectivity index (χ4v) is 4.09. The molecule has 1 heterocycles. The highest BCUT2D eigenvalue weighted by Crippen LogP contribution is 2.51. The molecule has 0 aromatic carbocycles. The van der Waals surface area contributed by atoms with Crippen molar-refractivity contribution in [1.29, 1.82) is 0 Å². The van der Waals surface area contributed by atoms with Crippen molar-refractivity contribution < 1.29 is 9.84 Å². The Kier molecular flexibility index (Phi) is 2.99. The van der Waals surface area contributed by atoms with Gasteiger partial charge in [-0.05, 0) is 56.3 Å². The van der Waals surface area contributed by atoms with Crippen LogP contribution in [0, 0.1) is 11.3 Å². The number of hydrogen-bond donors (Lipinski definition) is 1. The van der Waals surface area contributed by atoms with Crippen LogP contribution in [0.4, 0.5) is 0 Å². The topological polar surface area (TPSA) is 29.5 Å². The minimum atomic E-state index is 0.134. The van der Waals surface area contributed by atoms with Crippen molar-refractivity contribution in [3.05, 3.63) is 0 Å². The van der Waals surface area contributed by atoms with Gasteiger partial charge in [-0.1, -0.05) is 19.8 Å². The molecule has 3 rings (SSSR count). The lowest BCUT2D eigenvalue weighted by molar-refractivity contribution is -0.0606. The summed E-state index contributed by atoms with van der Waals surface area (Å²) in [6, 6.07) is 0. The van der Waals surface area contributed by atoms with Gasteiger partial charge >= 0.3 is 0 Å². The predicted octanol–water partition coefficient (Wildman–Crippen LogP) is 3.28. The van der Waals surface area contributed by atoms with E-state index in [-0.39, 0.29) is 11.0 Å². The average molecular weight is 238 g/mol. The third-order valence-corrected chi connectivity index (χ3v) is 5.47. The van der Waals surface area contributed by atoms with Crippen molar-refractivity contribution in [2.45, 2.75) is 76.4 Å². The molecule has 98 valence electrons. The van der Waals surface area contributed by atoms with Gasteiger partial charge in [0.15, 0.2) is 0 Å². The van der Waals surface area contributed by atoms with Crippen molar-refractivity contribution >= 4 is 0 Å². The number of aliphatic hydroxyl groups excluding tert-OH is 1. The molecule has 0 aromatic heterocycles. The molecule has 0 amide bonds. The van der Waals surface area contributed by atoms with E-state index in [1.807, 2.05) is 0 Å². The zero-order valence-corrected chi connectivity index (χ0v) is 11.1. The van der Waals surface area contributed by atoms with Gasteiger partial charge in [-0.25, -0.2) is 0 Å². The summed E-state index contributed by atoms with van der Waals surface area (Å²) in [6.07, 6.45) is 11.9. The summed E-state index contributed by atoms with van der Waals surface area (Å²) in [5.74, 6) is 0.760. The highest BCUT2D eigenvalue weighted by atomic mass is 16.5. The molecular weight excluding hydrogens is 212 g/mol. The predicted molar refractivity (Wildman–Crippen MR) is 67.8 cm³/mol. The van der Waals surface area contributed by atoms with E-state index >= 15 is 0 Å². The second-order valence-electron chi connectivity index (χ2n) is 6.96. The highest BCUT2D eigenvalue weighted by molar-refractivity contribution is 4.97. The Balaban J connectivity index is 1.59. The summed E-state index contributed by atoms with van der Waals surface area (Å²) in [4.78, 5) is 0. The Hall–Kier alpha value is -0.0800. The molecule has 17 heavy (non-hydrogen) atoms. The maximum Gasteiger partial charge on any atom is 0.0687 e. The van der Waals surface area contributed by atoms with E-state index in [4.69, 9.17) is 4.74 Å². The summed E-state index contributed by atoms with van der Waals surface area (Å²) in [5, 5.41) is 9.66. The van der Waals surface area contributed by atoms with Crippen LogP contribution in [-0.2, 0) is 4.74 Å². The molecule has 1 spiro atoms. The summed E-state index contributed by atoms with van der Waals surface area (Å²) in [6.45, 7) is 2.60. The van der Waals surface area contributed by atoms with E-state index in [9.17, 15) is 5.11 Å². The molecule has 2 unspecified atom stereocenters. The van der Waals surface area contributed by atoms with Gasteiger partial charge in [-0.15, -0.1) is 0 Å². The van der Waals surface area contributed by atoms with Crippen LogP contribution in [0.5, 0.6) is 0 Å². The molecule has 2 saturated carbocycles. The van der Waals surface area contributed by atoms with Crippen LogP contribution in [0.3, 0.4) is 0 Å². The van der Waals surface area contributed by atoms with Gasteiger partial charge in [-0.2, -0.15) is 0 Å². The quantitative estimate of drug-likeness (QED) is 0.814. The smallest absolute Gasteiger partial charge is 0.0687 e. The number of aliphatic hydroxyl groups is 1. The Labute approximate surface area is 105 Å². The molecule has 2 heteroatoms. The first-order chi connectivity index (χ1) is 8.16. The van der Waals surface area contributed by atoms with Crippen molar-refractivity contribution in [1.82, 2.24) is 0 Å². The SMILES string of the molecule is CC(CO)(CC1CCC2(CCCC2)O1)C1CC1. The molecule has 2 nitrogen and oxygen atoms in total. The lowest BCUT2D eigenvalue weighted by Gasteiger charge is -2.31. The van der Waals surface area contributed by atoms with Crippen LogP contribution in [0.25, 0.3) is 0 Å². The molecule has 2 aliphatic carbocycles. The molecule has 0 radical (unpaired) electrons. The second kappa shape index (κ2) is 4.24. The summed E-state index contributed by atoms with van der Waals surface area (Å²) >= 11 is 0. The third kappa shape index (κ3) is 2.26. The van der Waals surface area contributed by atoms with E-state index in [1.54, 1.807) is 0 Å². The van der Waals surface area contributed by atoms with E-state index in [1.165, 1.54) is 51.4 Å². The zero-order chi connectivity index (χ0) is 11.9. The molecule has 2 atom stereocenters. The summed E-state index contributed by atoms with van der Waals surface area (Å²) in [7, 11) is 0. The van der Waals surface area contributed by atoms with E-state index in [0.29, 0.717) is 12.7 Å². The first kappa shape index (κ1) is 12.0. The van der Waals surface area contributed by atoms with Crippen molar-refractivity contribution in [2.24, 2.45) is 11.3 Å². The van der Waals surface area contributed by atoms with Crippen LogP contribution >= 0.6 is 0 Å². The molecule has 0 bridgehead atoms. The van der Waals surface area contributed by atoms with Gasteiger partial charge in [0, 0.05) is 6.61 Å². The van der Waals surface area contributed by atoms with Crippen LogP contribution in [0.1, 0.15) is 64.7 Å². The molecule has 0 aromatic rings. The Bertz CT molecular complexity index is 279. The highest BCUT2D eigenvalue weighted by Gasteiger charge is 2.47. The van der Waals surface area contributed by atoms with E-state index < -0.39 is 0 Å². The number of hydrogen-bond acceptors (Lipinski definition) is 2. The molecule has 3 fully saturated rings. The number of rotatable bonds is 4. The second-order valence-corrected chi connectivity index (χ2v) is 6.96. The molecule has 3 aliphatic rings. The fraction of sp³-hybridized carbons (Fsp3) is 1.00. The average Bonchev–Trinajstić information content (AvgIpc) is 3.00. The first-order valence-corrected chi connectivity index (χ1v) is 7.45. The van der Waals surface area contributed by atoms with E-state index in [0.717, 1.165) is 12.3 Å². The van der Waals surface area contributed by atoms with Crippen LogP contribution in [0.2, 0.25) is 0 Å². The van der Waals surface area contributed by atoms with Gasteiger partial charge in [0.2, 0.25) is 0 Å². The maximum atomic E-state index is 9.66. The van der Waals surface area contributed by atoms with Gasteiger partial charge in [0.25, 0.3) is 0 Å². The largest absolute Gasteiger partial charge is 0.396 e. The van der Waals surface area contributed by atoms with Crippen molar-refractivity contribution in [3.8, 4) is 0 Å². The van der Waals surface area contributed by atoms with Gasteiger partial charge in [-0.3, -0.25) is 0 Å². The lowest BCUT2D eigenvalue weighted by atomic mass is 9.80. The maximum absolute atomic E-state index is 9.66. The molecule has 1 aliphatic heterocycles. The minimum Gasteiger partial charge on any atom is -0.396 e. The lowest BCUT2D eigenvalue weighted by Crippen LogP contribution is -2.31. The fourth-order valence-electron chi connectivity index (χ4n) is 4.09.